The molecule has 5 heteroatoms. The summed E-state index contributed by atoms with van der Waals surface area (Å²) in [6, 6.07) is 8.02. The summed E-state index contributed by atoms with van der Waals surface area (Å²) in [6.45, 7) is 3.75. The van der Waals surface area contributed by atoms with Crippen molar-refractivity contribution in [2.45, 2.75) is 26.4 Å². The highest BCUT2D eigenvalue weighted by atomic mass is 35.5. The second kappa shape index (κ2) is 5.05. The lowest BCUT2D eigenvalue weighted by molar-refractivity contribution is 0.557. The molecule has 0 aliphatic rings. The van der Waals surface area contributed by atoms with Gasteiger partial charge in [-0.1, -0.05) is 24.6 Å². The summed E-state index contributed by atoms with van der Waals surface area (Å²) in [6.07, 6.45) is 4.73. The van der Waals surface area contributed by atoms with Crippen LogP contribution in [-0.2, 0) is 13.1 Å². The zero-order chi connectivity index (χ0) is 13.2. The molecule has 2 heterocycles. The van der Waals surface area contributed by atoms with E-state index in [9.17, 15) is 0 Å². The van der Waals surface area contributed by atoms with E-state index in [2.05, 4.69) is 33.8 Å². The van der Waals surface area contributed by atoms with Gasteiger partial charge in [0.05, 0.1) is 6.54 Å². The van der Waals surface area contributed by atoms with Crippen molar-refractivity contribution in [3.8, 4) is 0 Å². The standard InChI is InChI=1S/C14H15ClN4/c1-2-6-19-14(16-10-17-19)9-18-7-5-11-3-4-12(15)8-13(11)18/h3-5,7-8,10H,2,6,9H2,1H3. The molecule has 0 amide bonds. The van der Waals surface area contributed by atoms with Crippen molar-refractivity contribution in [2.24, 2.45) is 0 Å². The summed E-state index contributed by atoms with van der Waals surface area (Å²) < 4.78 is 4.10. The second-order valence-electron chi connectivity index (χ2n) is 4.55. The van der Waals surface area contributed by atoms with Crippen molar-refractivity contribution in [1.82, 2.24) is 19.3 Å². The van der Waals surface area contributed by atoms with Gasteiger partial charge in [-0.05, 0) is 30.0 Å². The van der Waals surface area contributed by atoms with E-state index in [0.29, 0.717) is 6.54 Å². The normalized spacial score (nSPS) is 11.3. The first-order valence-corrected chi connectivity index (χ1v) is 6.77. The van der Waals surface area contributed by atoms with E-state index < -0.39 is 0 Å². The highest BCUT2D eigenvalue weighted by molar-refractivity contribution is 6.31. The number of hydrogen-bond donors (Lipinski definition) is 0. The van der Waals surface area contributed by atoms with Crippen molar-refractivity contribution in [1.29, 1.82) is 0 Å². The van der Waals surface area contributed by atoms with Gasteiger partial charge in [0.1, 0.15) is 12.2 Å². The van der Waals surface area contributed by atoms with Crippen LogP contribution in [0.1, 0.15) is 19.2 Å². The molecule has 0 unspecified atom stereocenters. The van der Waals surface area contributed by atoms with Crippen LogP contribution in [0.2, 0.25) is 5.02 Å². The molecule has 0 N–H and O–H groups in total. The van der Waals surface area contributed by atoms with E-state index in [4.69, 9.17) is 11.6 Å². The Balaban J connectivity index is 1.96. The van der Waals surface area contributed by atoms with Crippen LogP contribution >= 0.6 is 11.6 Å². The van der Waals surface area contributed by atoms with Crippen molar-refractivity contribution in [3.63, 3.8) is 0 Å². The Morgan fingerprint density at radius 1 is 1.26 bits per heavy atom. The lowest BCUT2D eigenvalue weighted by Gasteiger charge is -2.07. The summed E-state index contributed by atoms with van der Waals surface area (Å²) in [7, 11) is 0. The molecule has 0 saturated heterocycles. The average molecular weight is 275 g/mol. The molecule has 0 bridgehead atoms. The highest BCUT2D eigenvalue weighted by Crippen LogP contribution is 2.21. The van der Waals surface area contributed by atoms with Crippen LogP contribution in [0.25, 0.3) is 10.9 Å². The van der Waals surface area contributed by atoms with Gasteiger partial charge in [-0.2, -0.15) is 5.10 Å². The van der Waals surface area contributed by atoms with Crippen LogP contribution in [0.3, 0.4) is 0 Å². The van der Waals surface area contributed by atoms with E-state index in [0.717, 1.165) is 29.3 Å². The summed E-state index contributed by atoms with van der Waals surface area (Å²) in [5.74, 6) is 0.972. The molecular formula is C14H15ClN4. The van der Waals surface area contributed by atoms with Crippen LogP contribution in [0.15, 0.2) is 36.8 Å². The predicted molar refractivity (Wildman–Crippen MR) is 76.4 cm³/mol. The molecule has 0 fully saturated rings. The molecule has 98 valence electrons. The monoisotopic (exact) mass is 274 g/mol. The number of aromatic nitrogens is 4. The molecule has 0 atom stereocenters. The molecular weight excluding hydrogens is 260 g/mol. The SMILES string of the molecule is CCCn1ncnc1Cn1ccc2ccc(Cl)cc21. The Bertz CT molecular complexity index is 698. The molecule has 3 rings (SSSR count). The first-order valence-electron chi connectivity index (χ1n) is 6.39. The zero-order valence-electron chi connectivity index (χ0n) is 10.8. The molecule has 4 nitrogen and oxygen atoms in total. The van der Waals surface area contributed by atoms with Crippen molar-refractivity contribution >= 4 is 22.5 Å². The number of rotatable bonds is 4. The van der Waals surface area contributed by atoms with Crippen molar-refractivity contribution in [3.05, 3.63) is 47.6 Å². The van der Waals surface area contributed by atoms with Gasteiger partial charge in [-0.15, -0.1) is 0 Å². The second-order valence-corrected chi connectivity index (χ2v) is 4.98. The third-order valence-corrected chi connectivity index (χ3v) is 3.41. The number of nitrogens with zero attached hydrogens (tertiary/aromatic N) is 4. The lowest BCUT2D eigenvalue weighted by atomic mass is 10.2. The van der Waals surface area contributed by atoms with Gasteiger partial charge in [-0.25, -0.2) is 9.67 Å². The summed E-state index contributed by atoms with van der Waals surface area (Å²) >= 11 is 6.06. The van der Waals surface area contributed by atoms with E-state index in [-0.39, 0.29) is 0 Å². The fourth-order valence-electron chi connectivity index (χ4n) is 2.26. The number of hydrogen-bond acceptors (Lipinski definition) is 2. The smallest absolute Gasteiger partial charge is 0.146 e. The fraction of sp³-hybridized carbons (Fsp3) is 0.286. The van der Waals surface area contributed by atoms with Gasteiger partial charge in [0, 0.05) is 23.3 Å². The van der Waals surface area contributed by atoms with Gasteiger partial charge >= 0.3 is 0 Å². The average Bonchev–Trinajstić information content (AvgIpc) is 2.99. The maximum Gasteiger partial charge on any atom is 0.146 e. The van der Waals surface area contributed by atoms with Gasteiger partial charge in [0.15, 0.2) is 0 Å². The molecule has 1 aromatic carbocycles. The number of fused-ring (bicyclic) bond motifs is 1. The van der Waals surface area contributed by atoms with Crippen molar-refractivity contribution < 1.29 is 0 Å². The summed E-state index contributed by atoms with van der Waals surface area (Å²) in [4.78, 5) is 4.34. The molecule has 0 spiro atoms. The van der Waals surface area contributed by atoms with Gasteiger partial charge in [0.25, 0.3) is 0 Å². The minimum atomic E-state index is 0.712. The van der Waals surface area contributed by atoms with Crippen LogP contribution < -0.4 is 0 Å². The molecule has 0 radical (unpaired) electrons. The van der Waals surface area contributed by atoms with E-state index in [1.807, 2.05) is 22.9 Å². The lowest BCUT2D eigenvalue weighted by Crippen LogP contribution is -2.09. The molecule has 0 aliphatic carbocycles. The Morgan fingerprint density at radius 3 is 3.00 bits per heavy atom. The molecule has 19 heavy (non-hydrogen) atoms. The zero-order valence-corrected chi connectivity index (χ0v) is 11.5. The van der Waals surface area contributed by atoms with E-state index in [1.165, 1.54) is 5.39 Å². The van der Waals surface area contributed by atoms with Gasteiger partial charge in [0.2, 0.25) is 0 Å². The topological polar surface area (TPSA) is 35.6 Å². The van der Waals surface area contributed by atoms with Crippen molar-refractivity contribution in [2.75, 3.05) is 0 Å². The number of aryl methyl sites for hydroxylation is 1. The van der Waals surface area contributed by atoms with Crippen LogP contribution in [-0.4, -0.2) is 19.3 Å². The number of benzene rings is 1. The first kappa shape index (κ1) is 12.2. The van der Waals surface area contributed by atoms with Crippen LogP contribution in [0, 0.1) is 0 Å². The Labute approximate surface area is 116 Å². The van der Waals surface area contributed by atoms with E-state index >= 15 is 0 Å². The summed E-state index contributed by atoms with van der Waals surface area (Å²) in [5, 5.41) is 6.19. The molecule has 2 aromatic heterocycles. The Morgan fingerprint density at radius 2 is 2.16 bits per heavy atom. The number of halogens is 1. The maximum atomic E-state index is 6.06. The fourth-order valence-corrected chi connectivity index (χ4v) is 2.42. The largest absolute Gasteiger partial charge is 0.340 e. The van der Waals surface area contributed by atoms with Crippen LogP contribution in [0.5, 0.6) is 0 Å². The molecule has 0 saturated carbocycles. The predicted octanol–water partition coefficient (Wildman–Crippen LogP) is 3.34. The third kappa shape index (κ3) is 2.36. The van der Waals surface area contributed by atoms with Gasteiger partial charge in [-0.3, -0.25) is 0 Å². The molecule has 3 aromatic rings. The first-order chi connectivity index (χ1) is 9.28. The molecule has 0 aliphatic heterocycles. The van der Waals surface area contributed by atoms with Crippen LogP contribution in [0.4, 0.5) is 0 Å². The quantitative estimate of drug-likeness (QED) is 0.731. The summed E-state index contributed by atoms with van der Waals surface area (Å²) in [5.41, 5.74) is 1.12. The maximum absolute atomic E-state index is 6.06. The third-order valence-electron chi connectivity index (χ3n) is 3.18. The highest BCUT2D eigenvalue weighted by Gasteiger charge is 2.07. The minimum Gasteiger partial charge on any atom is -0.340 e. The minimum absolute atomic E-state index is 0.712. The Hall–Kier alpha value is -1.81. The Kier molecular flexibility index (Phi) is 3.25. The van der Waals surface area contributed by atoms with E-state index in [1.54, 1.807) is 6.33 Å². The van der Waals surface area contributed by atoms with Gasteiger partial charge < -0.3 is 4.57 Å².